The second-order valence-electron chi connectivity index (χ2n) is 2.37. The fourth-order valence-electron chi connectivity index (χ4n) is 0.968. The van der Waals surface area contributed by atoms with E-state index in [1.54, 1.807) is 6.92 Å². The molecule has 0 radical (unpaired) electrons. The van der Waals surface area contributed by atoms with Gasteiger partial charge in [-0.3, -0.25) is 4.79 Å². The van der Waals surface area contributed by atoms with E-state index >= 15 is 0 Å². The Morgan fingerprint density at radius 2 is 1.82 bits per heavy atom. The molecule has 60 valence electrons. The van der Waals surface area contributed by atoms with Crippen LogP contribution in [0.25, 0.3) is 0 Å². The molecule has 2 heteroatoms. The van der Waals surface area contributed by atoms with Gasteiger partial charge in [-0.25, -0.2) is 0 Å². The topological polar surface area (TPSA) is 17.1 Å². The van der Waals surface area contributed by atoms with Crippen molar-refractivity contribution in [3.8, 4) is 0 Å². The van der Waals surface area contributed by atoms with Gasteiger partial charge in [0, 0.05) is 5.56 Å². The van der Waals surface area contributed by atoms with E-state index in [-0.39, 0.29) is 22.8 Å². The van der Waals surface area contributed by atoms with Gasteiger partial charge in [-0.05, 0) is 19.4 Å². The van der Waals surface area contributed by atoms with E-state index in [0.717, 1.165) is 11.1 Å². The van der Waals surface area contributed by atoms with Crippen molar-refractivity contribution >= 4 is 22.8 Å². The first-order chi connectivity index (χ1) is 4.72. The average molecular weight is 215 g/mol. The lowest BCUT2D eigenvalue weighted by atomic mass is 10.1. The minimum Gasteiger partial charge on any atom is -0.295 e. The quantitative estimate of drug-likeness (QED) is 0.658. The number of ketones is 1. The summed E-state index contributed by atoms with van der Waals surface area (Å²) in [7, 11) is 0. The molecule has 1 aromatic carbocycles. The van der Waals surface area contributed by atoms with E-state index in [2.05, 4.69) is 0 Å². The van der Waals surface area contributed by atoms with Gasteiger partial charge in [0.05, 0.1) is 0 Å². The van der Waals surface area contributed by atoms with Crippen molar-refractivity contribution < 1.29 is 4.79 Å². The molecule has 0 saturated heterocycles. The highest BCUT2D eigenvalue weighted by atomic mass is 79.9. The fourth-order valence-corrected chi connectivity index (χ4v) is 0.968. The van der Waals surface area contributed by atoms with Gasteiger partial charge >= 0.3 is 0 Å². The molecule has 1 rings (SSSR count). The number of aryl methyl sites for hydroxylation is 1. The maximum atomic E-state index is 10.9. The zero-order valence-electron chi connectivity index (χ0n) is 6.63. The van der Waals surface area contributed by atoms with Gasteiger partial charge < -0.3 is 0 Å². The maximum Gasteiger partial charge on any atom is 0.160 e. The van der Waals surface area contributed by atoms with E-state index in [1.165, 1.54) is 0 Å². The van der Waals surface area contributed by atoms with Crippen LogP contribution in [0.3, 0.4) is 0 Å². The maximum absolute atomic E-state index is 10.9. The van der Waals surface area contributed by atoms with Crippen LogP contribution in [-0.2, 0) is 0 Å². The van der Waals surface area contributed by atoms with Gasteiger partial charge in [0.2, 0.25) is 0 Å². The number of hydrogen-bond acceptors (Lipinski definition) is 1. The highest BCUT2D eigenvalue weighted by Crippen LogP contribution is 2.06. The smallest absolute Gasteiger partial charge is 0.160 e. The zero-order chi connectivity index (χ0) is 7.56. The van der Waals surface area contributed by atoms with Crippen molar-refractivity contribution in [1.82, 2.24) is 0 Å². The average Bonchev–Trinajstić information content (AvgIpc) is 1.88. The summed E-state index contributed by atoms with van der Waals surface area (Å²) in [6.07, 6.45) is 0. The summed E-state index contributed by atoms with van der Waals surface area (Å²) < 4.78 is 0. The van der Waals surface area contributed by atoms with Gasteiger partial charge in [-0.2, -0.15) is 0 Å². The fraction of sp³-hybridized carbons (Fsp3) is 0.222. The standard InChI is InChI=1S/C9H10O.BrH/c1-7-5-3-4-6-9(7)8(2)10;/h3-6H,1-2H3;1H. The Morgan fingerprint density at radius 3 is 2.18 bits per heavy atom. The van der Waals surface area contributed by atoms with Crippen molar-refractivity contribution in [2.24, 2.45) is 0 Å². The minimum absolute atomic E-state index is 0. The Balaban J connectivity index is 0.000001000. The number of rotatable bonds is 1. The first kappa shape index (κ1) is 10.4. The molecule has 0 heterocycles. The highest BCUT2D eigenvalue weighted by molar-refractivity contribution is 8.93. The lowest BCUT2D eigenvalue weighted by Crippen LogP contribution is -1.93. The van der Waals surface area contributed by atoms with Crippen molar-refractivity contribution in [3.05, 3.63) is 35.4 Å². The van der Waals surface area contributed by atoms with Gasteiger partial charge in [-0.15, -0.1) is 17.0 Å². The van der Waals surface area contributed by atoms with Crippen molar-refractivity contribution in [3.63, 3.8) is 0 Å². The molecule has 0 aliphatic carbocycles. The highest BCUT2D eigenvalue weighted by Gasteiger charge is 1.99. The van der Waals surface area contributed by atoms with Crippen LogP contribution in [0.4, 0.5) is 0 Å². The molecule has 0 fully saturated rings. The Bertz CT molecular complexity index is 255. The summed E-state index contributed by atoms with van der Waals surface area (Å²) in [5.74, 6) is 0.137. The third-order valence-corrected chi connectivity index (χ3v) is 1.52. The van der Waals surface area contributed by atoms with E-state index < -0.39 is 0 Å². The predicted octanol–water partition coefficient (Wildman–Crippen LogP) is 2.78. The molecule has 0 saturated carbocycles. The molecule has 0 aromatic heterocycles. The largest absolute Gasteiger partial charge is 0.295 e. The lowest BCUT2D eigenvalue weighted by molar-refractivity contribution is 0.101. The Morgan fingerprint density at radius 1 is 1.27 bits per heavy atom. The summed E-state index contributed by atoms with van der Waals surface area (Å²) >= 11 is 0. The predicted molar refractivity (Wildman–Crippen MR) is 51.5 cm³/mol. The first-order valence-electron chi connectivity index (χ1n) is 3.28. The third kappa shape index (κ3) is 2.46. The molecule has 0 aliphatic rings. The number of carbonyl (C=O) groups excluding carboxylic acids is 1. The molecule has 1 nitrogen and oxygen atoms in total. The molecular formula is C9H11BrO. The molecule has 0 N–H and O–H groups in total. The number of hydrogen-bond donors (Lipinski definition) is 0. The van der Waals surface area contributed by atoms with Crippen LogP contribution in [0.15, 0.2) is 24.3 Å². The number of halogens is 1. The van der Waals surface area contributed by atoms with Crippen LogP contribution in [0.5, 0.6) is 0 Å². The monoisotopic (exact) mass is 214 g/mol. The number of carbonyl (C=O) groups is 1. The Kier molecular flexibility index (Phi) is 4.04. The summed E-state index contributed by atoms with van der Waals surface area (Å²) in [6, 6.07) is 7.60. The summed E-state index contributed by atoms with van der Waals surface area (Å²) in [4.78, 5) is 10.9. The van der Waals surface area contributed by atoms with Gasteiger partial charge in [0.1, 0.15) is 0 Å². The molecule has 0 unspecified atom stereocenters. The van der Waals surface area contributed by atoms with Crippen LogP contribution in [0.1, 0.15) is 22.8 Å². The molecule has 0 aliphatic heterocycles. The van der Waals surface area contributed by atoms with Crippen LogP contribution < -0.4 is 0 Å². The van der Waals surface area contributed by atoms with Crippen molar-refractivity contribution in [1.29, 1.82) is 0 Å². The van der Waals surface area contributed by atoms with Gasteiger partial charge in [-0.1, -0.05) is 24.3 Å². The van der Waals surface area contributed by atoms with E-state index in [9.17, 15) is 4.79 Å². The first-order valence-corrected chi connectivity index (χ1v) is 3.28. The number of Topliss-reactive ketones (excluding diaryl/α,β-unsaturated/α-hetero) is 1. The normalized spacial score (nSPS) is 8.55. The third-order valence-electron chi connectivity index (χ3n) is 1.52. The Hall–Kier alpha value is -0.630. The summed E-state index contributed by atoms with van der Waals surface area (Å²) in [5, 5.41) is 0. The zero-order valence-corrected chi connectivity index (χ0v) is 8.34. The molecule has 0 spiro atoms. The summed E-state index contributed by atoms with van der Waals surface area (Å²) in [5.41, 5.74) is 1.87. The molecule has 0 bridgehead atoms. The van der Waals surface area contributed by atoms with E-state index in [0.29, 0.717) is 0 Å². The van der Waals surface area contributed by atoms with E-state index in [4.69, 9.17) is 0 Å². The second-order valence-corrected chi connectivity index (χ2v) is 2.37. The van der Waals surface area contributed by atoms with E-state index in [1.807, 2.05) is 31.2 Å². The molecule has 11 heavy (non-hydrogen) atoms. The van der Waals surface area contributed by atoms with Crippen LogP contribution in [0.2, 0.25) is 0 Å². The molecule has 0 atom stereocenters. The Labute approximate surface area is 77.2 Å². The van der Waals surface area contributed by atoms with Gasteiger partial charge in [0.25, 0.3) is 0 Å². The second kappa shape index (κ2) is 4.29. The van der Waals surface area contributed by atoms with Crippen molar-refractivity contribution in [2.75, 3.05) is 0 Å². The number of benzene rings is 1. The molecule has 1 aromatic rings. The molecule has 0 amide bonds. The van der Waals surface area contributed by atoms with Crippen molar-refractivity contribution in [2.45, 2.75) is 13.8 Å². The molecular weight excluding hydrogens is 204 g/mol. The van der Waals surface area contributed by atoms with Crippen LogP contribution in [-0.4, -0.2) is 5.78 Å². The SMILES string of the molecule is Br.CC(=O)c1ccccc1C. The summed E-state index contributed by atoms with van der Waals surface area (Å²) in [6.45, 7) is 3.53. The minimum atomic E-state index is 0. The lowest BCUT2D eigenvalue weighted by Gasteiger charge is -1.97. The van der Waals surface area contributed by atoms with Gasteiger partial charge in [0.15, 0.2) is 5.78 Å². The van der Waals surface area contributed by atoms with Crippen LogP contribution in [0, 0.1) is 6.92 Å². The van der Waals surface area contributed by atoms with Crippen LogP contribution >= 0.6 is 17.0 Å².